The van der Waals surface area contributed by atoms with Crippen LogP contribution >= 0.6 is 0 Å². The molecule has 0 bridgehead atoms. The number of para-hydroxylation sites is 4. The molecule has 0 spiro atoms. The highest BCUT2D eigenvalue weighted by atomic mass is 16.5. The molecule has 2 aromatic carbocycles. The minimum absolute atomic E-state index is 0.1000. The average molecular weight is 355 g/mol. The van der Waals surface area contributed by atoms with E-state index in [-0.39, 0.29) is 12.5 Å². The van der Waals surface area contributed by atoms with Crippen LogP contribution in [0.1, 0.15) is 6.92 Å². The topological polar surface area (TPSA) is 62.8 Å². The van der Waals surface area contributed by atoms with Crippen LogP contribution in [-0.4, -0.2) is 45.4 Å². The minimum atomic E-state index is -0.1000. The van der Waals surface area contributed by atoms with Crippen molar-refractivity contribution in [1.29, 1.82) is 0 Å². The molecule has 26 heavy (non-hydrogen) atoms. The Labute approximate surface area is 154 Å². The predicted molar refractivity (Wildman–Crippen MR) is 104 cm³/mol. The van der Waals surface area contributed by atoms with Gasteiger partial charge in [-0.15, -0.1) is 0 Å². The van der Waals surface area contributed by atoms with Crippen LogP contribution in [0.4, 0.5) is 17.1 Å². The first-order chi connectivity index (χ1) is 12.8. The Morgan fingerprint density at radius 2 is 1.77 bits per heavy atom. The van der Waals surface area contributed by atoms with Gasteiger partial charge < -0.3 is 25.0 Å². The first-order valence-corrected chi connectivity index (χ1v) is 8.95. The molecular formula is C20H25N3O3. The average Bonchev–Trinajstić information content (AvgIpc) is 2.69. The highest BCUT2D eigenvalue weighted by Crippen LogP contribution is 2.27. The maximum Gasteiger partial charge on any atom is 0.243 e. The van der Waals surface area contributed by atoms with Gasteiger partial charge in [0.15, 0.2) is 0 Å². The van der Waals surface area contributed by atoms with E-state index in [4.69, 9.17) is 9.47 Å². The summed E-state index contributed by atoms with van der Waals surface area (Å²) in [6.07, 6.45) is 0. The summed E-state index contributed by atoms with van der Waals surface area (Å²) in [5.74, 6) is 0.647. The largest absolute Gasteiger partial charge is 0.492 e. The fourth-order valence-electron chi connectivity index (χ4n) is 2.92. The van der Waals surface area contributed by atoms with E-state index in [0.29, 0.717) is 19.8 Å². The lowest BCUT2D eigenvalue weighted by molar-refractivity contribution is -0.114. The van der Waals surface area contributed by atoms with Crippen LogP contribution in [0, 0.1) is 0 Å². The second kappa shape index (κ2) is 9.10. The zero-order chi connectivity index (χ0) is 18.2. The van der Waals surface area contributed by atoms with E-state index in [2.05, 4.69) is 15.5 Å². The van der Waals surface area contributed by atoms with Crippen molar-refractivity contribution in [1.82, 2.24) is 0 Å². The van der Waals surface area contributed by atoms with E-state index in [0.717, 1.165) is 35.9 Å². The van der Waals surface area contributed by atoms with Gasteiger partial charge in [-0.05, 0) is 31.2 Å². The van der Waals surface area contributed by atoms with E-state index in [1.807, 2.05) is 55.5 Å². The molecule has 2 aromatic rings. The van der Waals surface area contributed by atoms with Gasteiger partial charge in [0.05, 0.1) is 43.4 Å². The summed E-state index contributed by atoms with van der Waals surface area (Å²) < 4.78 is 11.0. The van der Waals surface area contributed by atoms with Crippen molar-refractivity contribution in [3.63, 3.8) is 0 Å². The third-order valence-electron chi connectivity index (χ3n) is 4.16. The van der Waals surface area contributed by atoms with E-state index in [1.165, 1.54) is 0 Å². The minimum Gasteiger partial charge on any atom is -0.492 e. The van der Waals surface area contributed by atoms with Gasteiger partial charge in [0.1, 0.15) is 5.75 Å². The Morgan fingerprint density at radius 1 is 1.08 bits per heavy atom. The highest BCUT2D eigenvalue weighted by molar-refractivity contribution is 5.97. The van der Waals surface area contributed by atoms with Crippen molar-refractivity contribution in [2.45, 2.75) is 6.92 Å². The molecule has 1 saturated heterocycles. The van der Waals surface area contributed by atoms with Crippen LogP contribution in [0.3, 0.4) is 0 Å². The molecule has 0 aliphatic carbocycles. The zero-order valence-electron chi connectivity index (χ0n) is 15.0. The maximum absolute atomic E-state index is 12.4. The van der Waals surface area contributed by atoms with Crippen molar-refractivity contribution < 1.29 is 14.3 Å². The van der Waals surface area contributed by atoms with Crippen LogP contribution in [0.2, 0.25) is 0 Å². The molecule has 3 rings (SSSR count). The van der Waals surface area contributed by atoms with Crippen molar-refractivity contribution in [3.8, 4) is 5.75 Å². The third-order valence-corrected chi connectivity index (χ3v) is 4.16. The number of benzene rings is 2. The molecule has 1 amide bonds. The Hall–Kier alpha value is -2.73. The predicted octanol–water partition coefficient (Wildman–Crippen LogP) is 2.97. The van der Waals surface area contributed by atoms with Crippen molar-refractivity contribution >= 4 is 23.0 Å². The number of nitrogens with one attached hydrogen (secondary N) is 2. The molecule has 6 nitrogen and oxygen atoms in total. The summed E-state index contributed by atoms with van der Waals surface area (Å²) in [5.41, 5.74) is 2.66. The van der Waals surface area contributed by atoms with Gasteiger partial charge in [-0.25, -0.2) is 0 Å². The number of ether oxygens (including phenoxy) is 2. The fraction of sp³-hybridized carbons (Fsp3) is 0.350. The monoisotopic (exact) mass is 355 g/mol. The van der Waals surface area contributed by atoms with Crippen molar-refractivity contribution in [2.75, 3.05) is 55.0 Å². The van der Waals surface area contributed by atoms with Crippen LogP contribution in [0.15, 0.2) is 48.5 Å². The smallest absolute Gasteiger partial charge is 0.243 e. The molecular weight excluding hydrogens is 330 g/mol. The number of carbonyl (C=O) groups is 1. The Bertz CT molecular complexity index is 730. The number of amides is 1. The number of hydrogen-bond donors (Lipinski definition) is 2. The molecule has 6 heteroatoms. The quantitative estimate of drug-likeness (QED) is 0.799. The lowest BCUT2D eigenvalue weighted by Crippen LogP contribution is -2.37. The molecule has 1 aliphatic rings. The molecule has 0 unspecified atom stereocenters. The molecule has 2 N–H and O–H groups in total. The van der Waals surface area contributed by atoms with Gasteiger partial charge in [-0.1, -0.05) is 24.3 Å². The number of carbonyl (C=O) groups excluding carboxylic acids is 1. The summed E-state index contributed by atoms with van der Waals surface area (Å²) >= 11 is 0. The summed E-state index contributed by atoms with van der Waals surface area (Å²) in [5, 5.41) is 6.15. The molecule has 138 valence electrons. The summed E-state index contributed by atoms with van der Waals surface area (Å²) in [7, 11) is 0. The molecule has 0 radical (unpaired) electrons. The molecule has 1 fully saturated rings. The van der Waals surface area contributed by atoms with E-state index >= 15 is 0 Å². The second-order valence-electron chi connectivity index (χ2n) is 5.95. The standard InChI is InChI=1S/C20H25N3O3/c1-2-26-19-10-6-4-8-17(19)21-15-20(24)22-16-7-3-5-9-18(16)23-11-13-25-14-12-23/h3-10,21H,2,11-15H2,1H3,(H,22,24). The molecule has 1 heterocycles. The first-order valence-electron chi connectivity index (χ1n) is 8.95. The van der Waals surface area contributed by atoms with Crippen LogP contribution < -0.4 is 20.3 Å². The SMILES string of the molecule is CCOc1ccccc1NCC(=O)Nc1ccccc1N1CCOCC1. The number of rotatable bonds is 7. The van der Waals surface area contributed by atoms with Crippen LogP contribution in [0.25, 0.3) is 0 Å². The Kier molecular flexibility index (Phi) is 6.33. The van der Waals surface area contributed by atoms with Gasteiger partial charge in [0, 0.05) is 13.1 Å². The van der Waals surface area contributed by atoms with E-state index in [1.54, 1.807) is 0 Å². The number of nitrogens with zero attached hydrogens (tertiary/aromatic N) is 1. The van der Waals surface area contributed by atoms with Crippen molar-refractivity contribution in [2.24, 2.45) is 0 Å². The maximum atomic E-state index is 12.4. The molecule has 0 aromatic heterocycles. The van der Waals surface area contributed by atoms with Gasteiger partial charge in [0.2, 0.25) is 5.91 Å². The molecule has 0 saturated carbocycles. The third kappa shape index (κ3) is 4.67. The van der Waals surface area contributed by atoms with E-state index < -0.39 is 0 Å². The van der Waals surface area contributed by atoms with Gasteiger partial charge in [-0.3, -0.25) is 4.79 Å². The Balaban J connectivity index is 1.62. The molecule has 1 aliphatic heterocycles. The lowest BCUT2D eigenvalue weighted by Gasteiger charge is -2.30. The number of morpholine rings is 1. The van der Waals surface area contributed by atoms with Crippen LogP contribution in [0.5, 0.6) is 5.75 Å². The van der Waals surface area contributed by atoms with Crippen LogP contribution in [-0.2, 0) is 9.53 Å². The fourth-order valence-corrected chi connectivity index (χ4v) is 2.92. The van der Waals surface area contributed by atoms with Crippen molar-refractivity contribution in [3.05, 3.63) is 48.5 Å². The summed E-state index contributed by atoms with van der Waals surface area (Å²) in [4.78, 5) is 14.7. The summed E-state index contributed by atoms with van der Waals surface area (Å²) in [6, 6.07) is 15.5. The van der Waals surface area contributed by atoms with Gasteiger partial charge in [-0.2, -0.15) is 0 Å². The summed E-state index contributed by atoms with van der Waals surface area (Å²) in [6.45, 7) is 5.75. The zero-order valence-corrected chi connectivity index (χ0v) is 15.0. The lowest BCUT2D eigenvalue weighted by atomic mass is 10.2. The number of anilines is 3. The second-order valence-corrected chi connectivity index (χ2v) is 5.95. The normalized spacial score (nSPS) is 14.0. The molecule has 0 atom stereocenters. The van der Waals surface area contributed by atoms with E-state index in [9.17, 15) is 4.79 Å². The van der Waals surface area contributed by atoms with Gasteiger partial charge >= 0.3 is 0 Å². The Morgan fingerprint density at radius 3 is 2.54 bits per heavy atom. The number of hydrogen-bond acceptors (Lipinski definition) is 5. The first kappa shape index (κ1) is 18.1. The highest BCUT2D eigenvalue weighted by Gasteiger charge is 2.15. The van der Waals surface area contributed by atoms with Gasteiger partial charge in [0.25, 0.3) is 0 Å².